The fourth-order valence-electron chi connectivity index (χ4n) is 0.850. The molecule has 0 radical (unpaired) electrons. The summed E-state index contributed by atoms with van der Waals surface area (Å²) in [5.74, 6) is 0.0443. The molecule has 13 heavy (non-hydrogen) atoms. The van der Waals surface area contributed by atoms with Gasteiger partial charge in [0.1, 0.15) is 0 Å². The Bertz CT molecular complexity index is 170. The van der Waals surface area contributed by atoms with Crippen molar-refractivity contribution in [2.24, 2.45) is 11.7 Å². The van der Waals surface area contributed by atoms with Crippen LogP contribution >= 0.6 is 0 Å². The van der Waals surface area contributed by atoms with Crippen LogP contribution in [0.3, 0.4) is 0 Å². The predicted molar refractivity (Wildman–Crippen MR) is 53.5 cm³/mol. The normalized spacial score (nSPS) is 14.7. The topological polar surface area (TPSA) is 52.3 Å². The third-order valence-corrected chi connectivity index (χ3v) is 1.63. The Morgan fingerprint density at radius 3 is 2.15 bits per heavy atom. The highest BCUT2D eigenvalue weighted by Gasteiger charge is 2.19. The Hall–Kier alpha value is -0.410. The van der Waals surface area contributed by atoms with E-state index in [4.69, 9.17) is 10.5 Å². The lowest BCUT2D eigenvalue weighted by Gasteiger charge is -2.22. The van der Waals surface area contributed by atoms with Crippen LogP contribution in [-0.2, 0) is 9.53 Å². The summed E-state index contributed by atoms with van der Waals surface area (Å²) in [6, 6.07) is -0.487. The van der Waals surface area contributed by atoms with E-state index in [0.717, 1.165) is 0 Å². The molecule has 3 heteroatoms. The standard InChI is InChI=1S/C10H21NO2/c1-7(2)9(12)8(11)6-13-10(3,4)5/h7-8H,6,11H2,1-5H3/t8-/m1/s1. The first kappa shape index (κ1) is 12.6. The lowest BCUT2D eigenvalue weighted by Crippen LogP contribution is -2.40. The third-order valence-electron chi connectivity index (χ3n) is 1.63. The molecule has 0 aromatic rings. The lowest BCUT2D eigenvalue weighted by atomic mass is 10.0. The average molecular weight is 187 g/mol. The molecule has 3 nitrogen and oxygen atoms in total. The van der Waals surface area contributed by atoms with Crippen molar-refractivity contribution in [1.29, 1.82) is 0 Å². The van der Waals surface area contributed by atoms with Crippen LogP contribution in [-0.4, -0.2) is 24.0 Å². The summed E-state index contributed by atoms with van der Waals surface area (Å²) in [7, 11) is 0. The first-order chi connectivity index (χ1) is 5.74. The van der Waals surface area contributed by atoms with Crippen LogP contribution in [0.2, 0.25) is 0 Å². The van der Waals surface area contributed by atoms with Gasteiger partial charge in [0.05, 0.1) is 18.2 Å². The minimum Gasteiger partial charge on any atom is -0.374 e. The SMILES string of the molecule is CC(C)C(=O)[C@H](N)COC(C)(C)C. The molecule has 0 unspecified atom stereocenters. The van der Waals surface area contributed by atoms with Gasteiger partial charge in [0.15, 0.2) is 5.78 Å². The Labute approximate surface area is 80.6 Å². The molecule has 78 valence electrons. The quantitative estimate of drug-likeness (QED) is 0.723. The molecule has 0 amide bonds. The highest BCUT2D eigenvalue weighted by atomic mass is 16.5. The van der Waals surface area contributed by atoms with Gasteiger partial charge in [0.25, 0.3) is 0 Å². The van der Waals surface area contributed by atoms with E-state index < -0.39 is 6.04 Å². The van der Waals surface area contributed by atoms with E-state index in [1.54, 1.807) is 0 Å². The van der Waals surface area contributed by atoms with Crippen LogP contribution in [0, 0.1) is 5.92 Å². The summed E-state index contributed by atoms with van der Waals surface area (Å²) in [6.45, 7) is 9.83. The van der Waals surface area contributed by atoms with Crippen molar-refractivity contribution in [3.05, 3.63) is 0 Å². The van der Waals surface area contributed by atoms with Crippen molar-refractivity contribution >= 4 is 5.78 Å². The van der Waals surface area contributed by atoms with Gasteiger partial charge in [-0.15, -0.1) is 0 Å². The smallest absolute Gasteiger partial charge is 0.154 e. The van der Waals surface area contributed by atoms with Crippen molar-refractivity contribution in [1.82, 2.24) is 0 Å². The van der Waals surface area contributed by atoms with E-state index in [2.05, 4.69) is 0 Å². The highest BCUT2D eigenvalue weighted by molar-refractivity contribution is 5.85. The Kier molecular flexibility index (Phi) is 4.57. The van der Waals surface area contributed by atoms with E-state index in [1.165, 1.54) is 0 Å². The summed E-state index contributed by atoms with van der Waals surface area (Å²) < 4.78 is 5.42. The van der Waals surface area contributed by atoms with Crippen LogP contribution < -0.4 is 5.73 Å². The Morgan fingerprint density at radius 1 is 1.38 bits per heavy atom. The van der Waals surface area contributed by atoms with Crippen molar-refractivity contribution in [3.8, 4) is 0 Å². The fourth-order valence-corrected chi connectivity index (χ4v) is 0.850. The molecule has 0 saturated carbocycles. The van der Waals surface area contributed by atoms with E-state index in [0.29, 0.717) is 6.61 Å². The number of Topliss-reactive ketones (excluding diaryl/α,β-unsaturated/α-hetero) is 1. The van der Waals surface area contributed by atoms with Gasteiger partial charge in [-0.1, -0.05) is 13.8 Å². The Morgan fingerprint density at radius 2 is 1.85 bits per heavy atom. The molecule has 0 saturated heterocycles. The van der Waals surface area contributed by atoms with Crippen molar-refractivity contribution in [2.75, 3.05) is 6.61 Å². The maximum absolute atomic E-state index is 11.4. The molecule has 0 aromatic carbocycles. The van der Waals surface area contributed by atoms with Crippen LogP contribution in [0.15, 0.2) is 0 Å². The molecule has 2 N–H and O–H groups in total. The third kappa shape index (κ3) is 5.77. The maximum atomic E-state index is 11.4. The predicted octanol–water partition coefficient (Wildman–Crippen LogP) is 1.35. The lowest BCUT2D eigenvalue weighted by molar-refractivity contribution is -0.125. The first-order valence-corrected chi connectivity index (χ1v) is 4.67. The Balaban J connectivity index is 3.88. The second-order valence-corrected chi connectivity index (χ2v) is 4.59. The number of rotatable bonds is 4. The molecule has 0 aliphatic rings. The monoisotopic (exact) mass is 187 g/mol. The van der Waals surface area contributed by atoms with Crippen LogP contribution in [0.25, 0.3) is 0 Å². The van der Waals surface area contributed by atoms with Crippen LogP contribution in [0.5, 0.6) is 0 Å². The average Bonchev–Trinajstić information content (AvgIpc) is 1.97. The molecule has 0 aliphatic carbocycles. The fraction of sp³-hybridized carbons (Fsp3) is 0.900. The minimum absolute atomic E-state index is 0.0152. The first-order valence-electron chi connectivity index (χ1n) is 4.67. The molecular weight excluding hydrogens is 166 g/mol. The van der Waals surface area contributed by atoms with Gasteiger partial charge in [-0.25, -0.2) is 0 Å². The summed E-state index contributed by atoms with van der Waals surface area (Å²) in [5, 5.41) is 0. The van der Waals surface area contributed by atoms with Crippen LogP contribution in [0.1, 0.15) is 34.6 Å². The van der Waals surface area contributed by atoms with Gasteiger partial charge < -0.3 is 10.5 Å². The molecule has 0 heterocycles. The zero-order valence-corrected chi connectivity index (χ0v) is 9.26. The van der Waals surface area contributed by atoms with Gasteiger partial charge >= 0.3 is 0 Å². The number of ether oxygens (including phenoxy) is 1. The molecule has 0 spiro atoms. The molecule has 0 bridgehead atoms. The molecule has 1 atom stereocenters. The number of carbonyl (C=O) groups excluding carboxylic acids is 1. The summed E-state index contributed by atoms with van der Waals surface area (Å²) in [6.07, 6.45) is 0. The second-order valence-electron chi connectivity index (χ2n) is 4.59. The van der Waals surface area contributed by atoms with E-state index >= 15 is 0 Å². The van der Waals surface area contributed by atoms with Crippen molar-refractivity contribution < 1.29 is 9.53 Å². The molecule has 0 aliphatic heterocycles. The highest BCUT2D eigenvalue weighted by Crippen LogP contribution is 2.08. The minimum atomic E-state index is -0.487. The van der Waals surface area contributed by atoms with E-state index in [-0.39, 0.29) is 17.3 Å². The zero-order chi connectivity index (χ0) is 10.6. The number of hydrogen-bond donors (Lipinski definition) is 1. The number of nitrogens with two attached hydrogens (primary N) is 1. The summed E-state index contributed by atoms with van der Waals surface area (Å²) in [4.78, 5) is 11.4. The van der Waals surface area contributed by atoms with Gasteiger partial charge in [0.2, 0.25) is 0 Å². The summed E-state index contributed by atoms with van der Waals surface area (Å²) >= 11 is 0. The second kappa shape index (κ2) is 4.72. The summed E-state index contributed by atoms with van der Waals surface area (Å²) in [5.41, 5.74) is 5.42. The van der Waals surface area contributed by atoms with E-state index in [1.807, 2.05) is 34.6 Å². The van der Waals surface area contributed by atoms with Gasteiger partial charge in [0, 0.05) is 5.92 Å². The van der Waals surface area contributed by atoms with Crippen molar-refractivity contribution in [3.63, 3.8) is 0 Å². The van der Waals surface area contributed by atoms with Gasteiger partial charge in [-0.3, -0.25) is 4.79 Å². The molecule has 0 aromatic heterocycles. The molecule has 0 fully saturated rings. The number of ketones is 1. The van der Waals surface area contributed by atoms with Gasteiger partial charge in [-0.05, 0) is 20.8 Å². The number of hydrogen-bond acceptors (Lipinski definition) is 3. The maximum Gasteiger partial charge on any atom is 0.154 e. The molecular formula is C10H21NO2. The van der Waals surface area contributed by atoms with Crippen LogP contribution in [0.4, 0.5) is 0 Å². The van der Waals surface area contributed by atoms with Crippen molar-refractivity contribution in [2.45, 2.75) is 46.3 Å². The van der Waals surface area contributed by atoms with E-state index in [9.17, 15) is 4.79 Å². The molecule has 0 rings (SSSR count). The van der Waals surface area contributed by atoms with Gasteiger partial charge in [-0.2, -0.15) is 0 Å². The number of carbonyl (C=O) groups is 1. The zero-order valence-electron chi connectivity index (χ0n) is 9.26. The largest absolute Gasteiger partial charge is 0.374 e.